The van der Waals surface area contributed by atoms with Crippen LogP contribution in [0.1, 0.15) is 82.9 Å². The van der Waals surface area contributed by atoms with E-state index in [0.717, 1.165) is 86.9 Å². The van der Waals surface area contributed by atoms with Gasteiger partial charge in [0, 0.05) is 114 Å². The molecule has 14 aromatic carbocycles. The van der Waals surface area contributed by atoms with Crippen LogP contribution in [0.3, 0.4) is 0 Å². The van der Waals surface area contributed by atoms with Crippen LogP contribution in [0, 0.1) is 0 Å². The molecule has 0 saturated heterocycles. The Labute approximate surface area is 587 Å². The minimum atomic E-state index is -0.404. The van der Waals surface area contributed by atoms with Crippen molar-refractivity contribution in [3.63, 3.8) is 0 Å². The summed E-state index contributed by atoms with van der Waals surface area (Å²) in [5.41, 5.74) is 10.7. The van der Waals surface area contributed by atoms with Crippen LogP contribution in [-0.4, -0.2) is 67.2 Å². The number of rotatable bonds is 6. The van der Waals surface area contributed by atoms with Gasteiger partial charge in [0.15, 0.2) is 0 Å². The number of benzene rings is 14. The first-order valence-corrected chi connectivity index (χ1v) is 33.6. The monoisotopic (exact) mass is 1340 g/mol. The van der Waals surface area contributed by atoms with E-state index in [0.29, 0.717) is 111 Å². The lowest BCUT2D eigenvalue weighted by molar-refractivity contribution is 0.0877. The molecule has 484 valence electrons. The second kappa shape index (κ2) is 21.4. The molecule has 16 heteroatoms. The number of aromatic nitrogens is 4. The predicted molar refractivity (Wildman–Crippen MR) is 403 cm³/mol. The number of pyridine rings is 4. The molecule has 8 amide bonds. The number of carbonyl (C=O) groups excluding carboxylic acids is 8. The molecule has 0 radical (unpaired) electrons. The largest absolute Gasteiger partial charge is 0.268 e. The van der Waals surface area contributed by atoms with Gasteiger partial charge in [-0.15, -0.1) is 0 Å². The summed E-state index contributed by atoms with van der Waals surface area (Å²) in [5, 5.41) is 13.8. The zero-order valence-electron chi connectivity index (χ0n) is 54.2. The van der Waals surface area contributed by atoms with Gasteiger partial charge in [0.1, 0.15) is 0 Å². The number of fused-ring (bicyclic) bond motifs is 6. The number of amides is 8. The van der Waals surface area contributed by atoms with Gasteiger partial charge in [-0.2, -0.15) is 0 Å². The molecule has 4 aromatic heterocycles. The van der Waals surface area contributed by atoms with Gasteiger partial charge in [-0.1, -0.05) is 84.9 Å². The van der Waals surface area contributed by atoms with E-state index in [1.54, 1.807) is 146 Å². The Morgan fingerprint density at radius 1 is 0.192 bits per heavy atom. The summed E-state index contributed by atoms with van der Waals surface area (Å²) in [6.45, 7) is 0. The van der Waals surface area contributed by atoms with Crippen LogP contribution < -0.4 is 19.6 Å². The maximum absolute atomic E-state index is 14.3. The Morgan fingerprint density at radius 2 is 0.442 bits per heavy atom. The Bertz CT molecular complexity index is 6370. The van der Waals surface area contributed by atoms with Crippen molar-refractivity contribution in [1.29, 1.82) is 0 Å². The van der Waals surface area contributed by atoms with E-state index in [-0.39, 0.29) is 0 Å². The normalized spacial score (nSPS) is 14.2. The second-order valence-electron chi connectivity index (χ2n) is 26.3. The average molecular weight is 1340 g/mol. The molecule has 4 aliphatic heterocycles. The van der Waals surface area contributed by atoms with E-state index < -0.39 is 47.3 Å². The van der Waals surface area contributed by atoms with Gasteiger partial charge >= 0.3 is 0 Å². The fraction of sp³-hybridized carbons (Fsp3) is 0. The van der Waals surface area contributed by atoms with Crippen LogP contribution in [0.4, 0.5) is 22.7 Å². The SMILES string of the molecule is O=C1c2ccc3c4ccc5c6c(ccc(c7ccc(c2c37)C(=O)N1c1ccc(-c2ccncc2)cc1)c64)C(=O)N(c1ccc(-c2ccncc2)cc1)C5=O.O=C1c2ccc3c4ccc5c6c(ccc(c7ccc(c2c37)C(=O)N1c1cccc2ncccc12)c64)C(=O)N(c1cccc2ncccc12)C5=O. The third-order valence-corrected chi connectivity index (χ3v) is 21.3. The molecule has 8 heterocycles. The molecule has 0 unspecified atom stereocenters. The number of hydrogen-bond acceptors (Lipinski definition) is 12. The van der Waals surface area contributed by atoms with Crippen LogP contribution in [0.5, 0.6) is 0 Å². The lowest BCUT2D eigenvalue weighted by Gasteiger charge is -2.30. The highest BCUT2D eigenvalue weighted by Gasteiger charge is 2.42. The van der Waals surface area contributed by atoms with E-state index in [9.17, 15) is 38.4 Å². The third-order valence-electron chi connectivity index (χ3n) is 21.3. The molecule has 0 bridgehead atoms. The fourth-order valence-electron chi connectivity index (χ4n) is 16.7. The van der Waals surface area contributed by atoms with E-state index in [2.05, 4.69) is 19.9 Å². The Morgan fingerprint density at radius 3 is 0.712 bits per heavy atom. The van der Waals surface area contributed by atoms with Crippen LogP contribution in [-0.2, 0) is 0 Å². The lowest BCUT2D eigenvalue weighted by atomic mass is 9.82. The molecule has 0 saturated carbocycles. The quantitative estimate of drug-likeness (QED) is 0.0867. The van der Waals surface area contributed by atoms with Gasteiger partial charge in [-0.25, -0.2) is 19.6 Å². The third kappa shape index (κ3) is 7.89. The number of hydrogen-bond donors (Lipinski definition) is 0. The molecule has 22 rings (SSSR count). The highest BCUT2D eigenvalue weighted by Crippen LogP contribution is 2.51. The van der Waals surface area contributed by atoms with Crippen LogP contribution in [0.25, 0.3) is 130 Å². The van der Waals surface area contributed by atoms with Crippen LogP contribution in [0.2, 0.25) is 0 Å². The molecular weight excluding hydrogens is 1300 g/mol. The zero-order valence-corrected chi connectivity index (χ0v) is 54.2. The minimum Gasteiger partial charge on any atom is -0.268 e. The molecule has 16 nitrogen and oxygen atoms in total. The summed E-state index contributed by atoms with van der Waals surface area (Å²) in [6.07, 6.45) is 10.3. The fourth-order valence-corrected chi connectivity index (χ4v) is 16.7. The Kier molecular flexibility index (Phi) is 12.0. The van der Waals surface area contributed by atoms with Crippen LogP contribution in [0.15, 0.2) is 268 Å². The topological polar surface area (TPSA) is 201 Å². The minimum absolute atomic E-state index is 0.394. The van der Waals surface area contributed by atoms with Crippen molar-refractivity contribution >= 4 is 178 Å². The Balaban J connectivity index is 0.000000135. The molecule has 0 atom stereocenters. The van der Waals surface area contributed by atoms with Gasteiger partial charge < -0.3 is 0 Å². The molecule has 4 aliphatic rings. The van der Waals surface area contributed by atoms with E-state index in [1.165, 1.54) is 19.6 Å². The summed E-state index contributed by atoms with van der Waals surface area (Å²) >= 11 is 0. The summed E-state index contributed by atoms with van der Waals surface area (Å²) in [4.78, 5) is 136. The molecular formula is C88H44N8O8. The van der Waals surface area contributed by atoms with Gasteiger partial charge in [0.2, 0.25) is 0 Å². The number of nitrogens with zero attached hydrogens (tertiary/aromatic N) is 8. The summed E-state index contributed by atoms with van der Waals surface area (Å²) in [6, 6.07) is 70.1. The molecule has 0 fully saturated rings. The lowest BCUT2D eigenvalue weighted by Crippen LogP contribution is -2.40. The maximum atomic E-state index is 14.3. The maximum Gasteiger partial charge on any atom is 0.266 e. The van der Waals surface area contributed by atoms with Crippen molar-refractivity contribution in [2.45, 2.75) is 0 Å². The predicted octanol–water partition coefficient (Wildman–Crippen LogP) is 17.9. The first-order chi connectivity index (χ1) is 51.0. The van der Waals surface area contributed by atoms with Crippen molar-refractivity contribution in [2.24, 2.45) is 0 Å². The Hall–Kier alpha value is -14.6. The van der Waals surface area contributed by atoms with Crippen molar-refractivity contribution in [2.75, 3.05) is 19.6 Å². The van der Waals surface area contributed by atoms with E-state index in [4.69, 9.17) is 0 Å². The van der Waals surface area contributed by atoms with Gasteiger partial charge in [0.25, 0.3) is 47.3 Å². The number of carbonyl (C=O) groups is 8. The zero-order chi connectivity index (χ0) is 69.7. The van der Waals surface area contributed by atoms with E-state index >= 15 is 0 Å². The van der Waals surface area contributed by atoms with Crippen molar-refractivity contribution in [1.82, 2.24) is 19.9 Å². The standard InChI is InChI=1S/C46H24N4O4.C42H20N4O4/c51-43-35-13-9-31-33-11-15-37-42-38(46(54)50(45(37)53)30-7-3-26(4-8-30)28-19-23-48-24-20-28)16-12-34(40(33)42)32-10-14-36(41(35)39(31)32)44(52)49(43)29-5-1-25(2-6-29)27-17-21-47-22-18-27;47-39-27-15-11-21-23-13-17-29-38-30(42(50)46(41(29)49)34-10-2-8-32-26(34)6-4-20-44-32)18-14-24(36(23)38)22-12-16-28(37(27)35(21)22)40(48)45(39)33-9-1-7-31-25(33)5-3-19-43-31/h1-24H;1-20H. The smallest absolute Gasteiger partial charge is 0.266 e. The summed E-state index contributed by atoms with van der Waals surface area (Å²) < 4.78 is 0. The van der Waals surface area contributed by atoms with Gasteiger partial charge in [-0.05, 0) is 232 Å². The van der Waals surface area contributed by atoms with Crippen molar-refractivity contribution < 1.29 is 38.4 Å². The summed E-state index contributed by atoms with van der Waals surface area (Å²) in [5.74, 6) is -3.19. The molecule has 104 heavy (non-hydrogen) atoms. The summed E-state index contributed by atoms with van der Waals surface area (Å²) in [7, 11) is 0. The van der Waals surface area contributed by atoms with Crippen molar-refractivity contribution in [3.05, 3.63) is 312 Å². The highest BCUT2D eigenvalue weighted by molar-refractivity contribution is 6.48. The average Bonchev–Trinajstić information content (AvgIpc) is 0.693. The number of anilines is 4. The molecule has 18 aromatic rings. The van der Waals surface area contributed by atoms with Gasteiger partial charge in [-0.3, -0.25) is 58.3 Å². The van der Waals surface area contributed by atoms with Gasteiger partial charge in [0.05, 0.1) is 33.8 Å². The molecule has 0 spiro atoms. The highest BCUT2D eigenvalue weighted by atomic mass is 16.2. The van der Waals surface area contributed by atoms with Crippen LogP contribution >= 0.6 is 0 Å². The second-order valence-corrected chi connectivity index (χ2v) is 26.3. The molecule has 0 N–H and O–H groups in total. The van der Waals surface area contributed by atoms with Crippen molar-refractivity contribution in [3.8, 4) is 22.3 Å². The van der Waals surface area contributed by atoms with E-state index in [1.807, 2.05) is 121 Å². The first kappa shape index (κ1) is 58.3. The first-order valence-electron chi connectivity index (χ1n) is 33.6. The molecule has 0 aliphatic carbocycles. The number of imide groups is 4.